The molecule has 0 aliphatic rings. The van der Waals surface area contributed by atoms with Gasteiger partial charge in [0.25, 0.3) is 0 Å². The van der Waals surface area contributed by atoms with Crippen molar-refractivity contribution in [1.29, 1.82) is 0 Å². The molecular weight excluding hydrogens is 386 g/mol. The summed E-state index contributed by atoms with van der Waals surface area (Å²) in [6, 6.07) is 7.59. The van der Waals surface area contributed by atoms with Gasteiger partial charge in [-0.05, 0) is 12.1 Å². The summed E-state index contributed by atoms with van der Waals surface area (Å²) in [5.74, 6) is 0.378. The molecule has 0 amide bonds. The van der Waals surface area contributed by atoms with E-state index in [1.54, 1.807) is 28.6 Å². The third kappa shape index (κ3) is 5.01. The Labute approximate surface area is 156 Å². The van der Waals surface area contributed by atoms with Crippen LogP contribution >= 0.6 is 46.0 Å². The van der Waals surface area contributed by atoms with Gasteiger partial charge in [-0.2, -0.15) is 0 Å². The number of benzene rings is 1. The monoisotopic (exact) mass is 397 g/mol. The van der Waals surface area contributed by atoms with Gasteiger partial charge in [0.15, 0.2) is 4.34 Å². The molecule has 0 spiro atoms. The Balaban J connectivity index is 1.42. The lowest BCUT2D eigenvalue weighted by atomic mass is 10.2. The number of hydrogen-bond donors (Lipinski definition) is 0. The van der Waals surface area contributed by atoms with Crippen LogP contribution in [0, 0.1) is 0 Å². The van der Waals surface area contributed by atoms with Gasteiger partial charge in [0.2, 0.25) is 0 Å². The first-order valence-corrected chi connectivity index (χ1v) is 10.1. The molecule has 2 heterocycles. The molecule has 124 valence electrons. The average molecular weight is 398 g/mol. The number of hydrogen-bond acceptors (Lipinski definition) is 8. The van der Waals surface area contributed by atoms with Crippen molar-refractivity contribution < 1.29 is 9.53 Å². The van der Waals surface area contributed by atoms with Crippen LogP contribution in [0.15, 0.2) is 39.5 Å². The number of nitrogens with zero attached hydrogens (tertiary/aromatic N) is 3. The molecule has 0 aliphatic heterocycles. The molecule has 0 saturated carbocycles. The molecule has 24 heavy (non-hydrogen) atoms. The summed E-state index contributed by atoms with van der Waals surface area (Å²) in [5.41, 5.74) is 3.55. The average Bonchev–Trinajstić information content (AvgIpc) is 3.24. The normalized spacial score (nSPS) is 10.7. The Morgan fingerprint density at radius 2 is 2.08 bits per heavy atom. The van der Waals surface area contributed by atoms with E-state index in [1.165, 1.54) is 11.3 Å². The molecule has 0 N–H and O–H groups in total. The van der Waals surface area contributed by atoms with E-state index in [0.29, 0.717) is 22.4 Å². The summed E-state index contributed by atoms with van der Waals surface area (Å²) >= 11 is 10.4. The summed E-state index contributed by atoms with van der Waals surface area (Å²) < 4.78 is 6.13. The van der Waals surface area contributed by atoms with E-state index < -0.39 is 0 Å². The van der Waals surface area contributed by atoms with Crippen molar-refractivity contribution in [2.24, 2.45) is 0 Å². The molecule has 0 fully saturated rings. The van der Waals surface area contributed by atoms with Crippen molar-refractivity contribution in [1.82, 2.24) is 15.2 Å². The predicted molar refractivity (Wildman–Crippen MR) is 97.9 cm³/mol. The van der Waals surface area contributed by atoms with Crippen LogP contribution in [0.4, 0.5) is 0 Å². The second kappa shape index (κ2) is 8.57. The maximum absolute atomic E-state index is 11.6. The third-order valence-corrected chi connectivity index (χ3v) is 5.83. The standard InChI is InChI=1S/C15H12ClN3O2S3/c16-11-3-1-10(2-4-11)12-8-23-15(18-12)22-6-5-21-14(20)7-13-19-17-9-24-13/h1-4,8-9H,5-7H2. The van der Waals surface area contributed by atoms with Gasteiger partial charge in [-0.15, -0.1) is 32.9 Å². The van der Waals surface area contributed by atoms with Crippen molar-refractivity contribution in [3.8, 4) is 11.3 Å². The smallest absolute Gasteiger partial charge is 0.312 e. The topological polar surface area (TPSA) is 65.0 Å². The number of carbonyl (C=O) groups is 1. The molecule has 0 atom stereocenters. The van der Waals surface area contributed by atoms with Gasteiger partial charge >= 0.3 is 5.97 Å². The minimum atomic E-state index is -0.284. The zero-order chi connectivity index (χ0) is 16.8. The van der Waals surface area contributed by atoms with E-state index in [2.05, 4.69) is 15.2 Å². The number of carbonyl (C=O) groups excluding carboxylic acids is 1. The van der Waals surface area contributed by atoms with Crippen LogP contribution in [0.1, 0.15) is 5.01 Å². The molecule has 0 radical (unpaired) electrons. The van der Waals surface area contributed by atoms with E-state index in [1.807, 2.05) is 29.6 Å². The van der Waals surface area contributed by atoms with E-state index in [9.17, 15) is 4.79 Å². The fraction of sp³-hybridized carbons (Fsp3) is 0.200. The molecule has 2 aromatic heterocycles. The summed E-state index contributed by atoms with van der Waals surface area (Å²) in [5, 5.41) is 10.9. The summed E-state index contributed by atoms with van der Waals surface area (Å²) in [6.07, 6.45) is 0.174. The SMILES string of the molecule is O=C(Cc1nncs1)OCCSc1nc(-c2ccc(Cl)cc2)cs1. The molecule has 3 rings (SSSR count). The quantitative estimate of drug-likeness (QED) is 0.338. The zero-order valence-electron chi connectivity index (χ0n) is 12.3. The molecule has 0 aliphatic carbocycles. The fourth-order valence-corrected chi connectivity index (χ4v) is 4.17. The first-order chi connectivity index (χ1) is 11.7. The minimum absolute atomic E-state index is 0.174. The van der Waals surface area contributed by atoms with Gasteiger partial charge in [0.1, 0.15) is 17.1 Å². The summed E-state index contributed by atoms with van der Waals surface area (Å²) in [7, 11) is 0. The van der Waals surface area contributed by atoms with Gasteiger partial charge in [-0.25, -0.2) is 4.98 Å². The predicted octanol–water partition coefficient (Wildman–Crippen LogP) is 4.19. The van der Waals surface area contributed by atoms with Crippen LogP contribution < -0.4 is 0 Å². The van der Waals surface area contributed by atoms with E-state index in [0.717, 1.165) is 15.6 Å². The van der Waals surface area contributed by atoms with Crippen LogP contribution in [0.2, 0.25) is 5.02 Å². The molecule has 3 aromatic rings. The molecule has 9 heteroatoms. The van der Waals surface area contributed by atoms with Gasteiger partial charge in [-0.3, -0.25) is 4.79 Å². The third-order valence-electron chi connectivity index (χ3n) is 2.90. The molecule has 0 bridgehead atoms. The maximum Gasteiger partial charge on any atom is 0.312 e. The fourth-order valence-electron chi connectivity index (χ4n) is 1.81. The van der Waals surface area contributed by atoms with Crippen molar-refractivity contribution in [2.45, 2.75) is 10.8 Å². The van der Waals surface area contributed by atoms with E-state index in [-0.39, 0.29) is 12.4 Å². The summed E-state index contributed by atoms with van der Waals surface area (Å²) in [4.78, 5) is 16.2. The molecule has 5 nitrogen and oxygen atoms in total. The number of ether oxygens (including phenoxy) is 1. The second-order valence-electron chi connectivity index (χ2n) is 4.58. The van der Waals surface area contributed by atoms with Crippen LogP contribution in [0.3, 0.4) is 0 Å². The van der Waals surface area contributed by atoms with Crippen LogP contribution in [0.5, 0.6) is 0 Å². The second-order valence-corrected chi connectivity index (χ2v) is 8.14. The molecular formula is C15H12ClN3O2S3. The molecule has 0 unspecified atom stereocenters. The number of halogens is 1. The number of rotatable bonds is 7. The lowest BCUT2D eigenvalue weighted by Crippen LogP contribution is -2.10. The number of thiazole rings is 1. The van der Waals surface area contributed by atoms with Crippen molar-refractivity contribution in [3.63, 3.8) is 0 Å². The Morgan fingerprint density at radius 3 is 2.83 bits per heavy atom. The van der Waals surface area contributed by atoms with Crippen LogP contribution in [0.25, 0.3) is 11.3 Å². The van der Waals surface area contributed by atoms with E-state index >= 15 is 0 Å². The van der Waals surface area contributed by atoms with Crippen molar-refractivity contribution in [2.75, 3.05) is 12.4 Å². The molecule has 1 aromatic carbocycles. The van der Waals surface area contributed by atoms with Crippen LogP contribution in [-0.2, 0) is 16.0 Å². The zero-order valence-corrected chi connectivity index (χ0v) is 15.6. The van der Waals surface area contributed by atoms with Gasteiger partial charge in [0.05, 0.1) is 12.1 Å². The number of aromatic nitrogens is 3. The summed E-state index contributed by atoms with van der Waals surface area (Å²) in [6.45, 7) is 0.345. The first kappa shape index (κ1) is 17.3. The van der Waals surface area contributed by atoms with Gasteiger partial charge in [0, 0.05) is 21.7 Å². The van der Waals surface area contributed by atoms with E-state index in [4.69, 9.17) is 16.3 Å². The maximum atomic E-state index is 11.6. The van der Waals surface area contributed by atoms with Crippen LogP contribution in [-0.4, -0.2) is 33.5 Å². The van der Waals surface area contributed by atoms with Gasteiger partial charge < -0.3 is 4.74 Å². The number of thioether (sulfide) groups is 1. The lowest BCUT2D eigenvalue weighted by molar-refractivity contribution is -0.142. The Morgan fingerprint density at radius 1 is 1.25 bits per heavy atom. The van der Waals surface area contributed by atoms with Gasteiger partial charge in [-0.1, -0.05) is 35.5 Å². The largest absolute Gasteiger partial charge is 0.464 e. The highest BCUT2D eigenvalue weighted by Crippen LogP contribution is 2.28. The lowest BCUT2D eigenvalue weighted by Gasteiger charge is -2.02. The minimum Gasteiger partial charge on any atom is -0.464 e. The number of esters is 1. The molecule has 0 saturated heterocycles. The Hall–Kier alpha value is -1.48. The Kier molecular flexibility index (Phi) is 6.19. The van der Waals surface area contributed by atoms with Crippen molar-refractivity contribution in [3.05, 3.63) is 45.2 Å². The highest BCUT2D eigenvalue weighted by atomic mass is 35.5. The van der Waals surface area contributed by atoms with Crippen molar-refractivity contribution >= 4 is 52.0 Å². The first-order valence-electron chi connectivity index (χ1n) is 6.95. The highest BCUT2D eigenvalue weighted by molar-refractivity contribution is 8.01. The Bertz CT molecular complexity index is 791. The highest BCUT2D eigenvalue weighted by Gasteiger charge is 2.09.